The molecule has 1 N–H and O–H groups in total. The molecule has 0 aromatic heterocycles. The number of esters is 1. The summed E-state index contributed by atoms with van der Waals surface area (Å²) in [6, 6.07) is 13.5. The molecular formula is C27H35N3O5. The van der Waals surface area contributed by atoms with E-state index in [9.17, 15) is 9.59 Å². The van der Waals surface area contributed by atoms with Crippen LogP contribution >= 0.6 is 0 Å². The zero-order chi connectivity index (χ0) is 24.8. The van der Waals surface area contributed by atoms with Gasteiger partial charge in [-0.1, -0.05) is 37.3 Å². The summed E-state index contributed by atoms with van der Waals surface area (Å²) < 4.78 is 17.8. The molecule has 0 bridgehead atoms. The average Bonchev–Trinajstić information content (AvgIpc) is 2.86. The number of carbonyl (C=O) groups excluding carboxylic acids is 2. The van der Waals surface area contributed by atoms with Gasteiger partial charge in [0.25, 0.3) is 0 Å². The van der Waals surface area contributed by atoms with Crippen LogP contribution in [0.3, 0.4) is 0 Å². The summed E-state index contributed by atoms with van der Waals surface area (Å²) >= 11 is 0. The Hall–Kier alpha value is -3.10. The van der Waals surface area contributed by atoms with Crippen molar-refractivity contribution in [3.05, 3.63) is 53.6 Å². The fraction of sp³-hybridized carbons (Fsp3) is 0.481. The summed E-state index contributed by atoms with van der Waals surface area (Å²) in [5.41, 5.74) is 3.02. The van der Waals surface area contributed by atoms with Crippen LogP contribution < -0.4 is 14.8 Å². The van der Waals surface area contributed by atoms with Gasteiger partial charge in [0.1, 0.15) is 6.61 Å². The lowest BCUT2D eigenvalue weighted by Crippen LogP contribution is -2.54. The number of nitrogens with one attached hydrogen (secondary N) is 1. The van der Waals surface area contributed by atoms with Crippen LogP contribution in [-0.4, -0.2) is 79.8 Å². The average molecular weight is 482 g/mol. The Bertz CT molecular complexity index is 1010. The Kier molecular flexibility index (Phi) is 8.25. The second kappa shape index (κ2) is 11.6. The van der Waals surface area contributed by atoms with Crippen LogP contribution in [0.25, 0.3) is 0 Å². The van der Waals surface area contributed by atoms with E-state index in [0.717, 1.165) is 43.0 Å². The zero-order valence-corrected chi connectivity index (χ0v) is 20.8. The summed E-state index contributed by atoms with van der Waals surface area (Å²) in [6.45, 7) is 10.1. The van der Waals surface area contributed by atoms with Crippen molar-refractivity contribution >= 4 is 17.6 Å². The van der Waals surface area contributed by atoms with Crippen LogP contribution in [0.1, 0.15) is 24.5 Å². The number of piperazine rings is 1. The molecule has 8 heteroatoms. The summed E-state index contributed by atoms with van der Waals surface area (Å²) in [5.74, 6) is 1.12. The molecule has 0 spiro atoms. The minimum atomic E-state index is -0.435. The van der Waals surface area contributed by atoms with Gasteiger partial charge in [0.2, 0.25) is 5.91 Å². The van der Waals surface area contributed by atoms with Crippen molar-refractivity contribution < 1.29 is 23.8 Å². The summed E-state index contributed by atoms with van der Waals surface area (Å²) in [4.78, 5) is 29.2. The molecule has 0 saturated carbocycles. The Labute approximate surface area is 207 Å². The van der Waals surface area contributed by atoms with E-state index < -0.39 is 6.10 Å². The lowest BCUT2D eigenvalue weighted by atomic mass is 10.1. The van der Waals surface area contributed by atoms with Gasteiger partial charge < -0.3 is 19.5 Å². The van der Waals surface area contributed by atoms with E-state index in [-0.39, 0.29) is 18.0 Å². The second-order valence-electron chi connectivity index (χ2n) is 9.19. The maximum atomic E-state index is 12.7. The smallest absolute Gasteiger partial charge is 0.305 e. The molecule has 2 aliphatic heterocycles. The van der Waals surface area contributed by atoms with Gasteiger partial charge in [-0.2, -0.15) is 0 Å². The summed E-state index contributed by atoms with van der Waals surface area (Å²) in [7, 11) is 0. The molecule has 4 rings (SSSR count). The van der Waals surface area contributed by atoms with Crippen LogP contribution in [0, 0.1) is 13.8 Å². The van der Waals surface area contributed by atoms with Crippen molar-refractivity contribution in [3.63, 3.8) is 0 Å². The first-order chi connectivity index (χ1) is 16.9. The highest BCUT2D eigenvalue weighted by atomic mass is 16.6. The first-order valence-electron chi connectivity index (χ1n) is 12.3. The maximum Gasteiger partial charge on any atom is 0.305 e. The number of amides is 1. The molecule has 2 unspecified atom stereocenters. The van der Waals surface area contributed by atoms with Crippen molar-refractivity contribution in [2.24, 2.45) is 0 Å². The number of ether oxygens (including phenoxy) is 3. The van der Waals surface area contributed by atoms with E-state index in [4.69, 9.17) is 14.2 Å². The predicted molar refractivity (Wildman–Crippen MR) is 134 cm³/mol. The molecule has 0 radical (unpaired) electrons. The largest absolute Gasteiger partial charge is 0.486 e. The SMILES string of the molecule is CCC(=O)OC(CN1CCN(CC(=O)Nc2c(C)cccc2C)CC1)C1COc2ccccc2O1. The van der Waals surface area contributed by atoms with Gasteiger partial charge in [-0.05, 0) is 37.1 Å². The van der Waals surface area contributed by atoms with Gasteiger partial charge in [-0.15, -0.1) is 0 Å². The monoisotopic (exact) mass is 481 g/mol. The normalized spacial score (nSPS) is 19.1. The predicted octanol–water partition coefficient (Wildman–Crippen LogP) is 3.02. The number of nitrogens with zero attached hydrogens (tertiary/aromatic N) is 2. The second-order valence-corrected chi connectivity index (χ2v) is 9.19. The quantitative estimate of drug-likeness (QED) is 0.581. The van der Waals surface area contributed by atoms with Gasteiger partial charge in [0.05, 0.1) is 6.54 Å². The van der Waals surface area contributed by atoms with Crippen LogP contribution in [0.5, 0.6) is 11.5 Å². The highest BCUT2D eigenvalue weighted by Crippen LogP contribution is 2.32. The van der Waals surface area contributed by atoms with Crippen LogP contribution in [-0.2, 0) is 14.3 Å². The molecule has 8 nitrogen and oxygen atoms in total. The molecule has 2 aliphatic rings. The van der Waals surface area contributed by atoms with Gasteiger partial charge in [-0.25, -0.2) is 0 Å². The van der Waals surface area contributed by atoms with Gasteiger partial charge >= 0.3 is 5.97 Å². The van der Waals surface area contributed by atoms with Crippen LogP contribution in [0.2, 0.25) is 0 Å². The standard InChI is InChI=1S/C27H35N3O5/c1-4-26(32)35-23(24-18-33-21-10-5-6-11-22(21)34-24)16-29-12-14-30(15-13-29)17-25(31)28-27-19(2)8-7-9-20(27)3/h5-11,23-24H,4,12-18H2,1-3H3,(H,28,31). The molecule has 1 saturated heterocycles. The van der Waals surface area contributed by atoms with Gasteiger partial charge in [0.15, 0.2) is 23.7 Å². The number of benzene rings is 2. The molecular weight excluding hydrogens is 446 g/mol. The van der Waals surface area contributed by atoms with E-state index in [1.54, 1.807) is 6.92 Å². The number of para-hydroxylation sites is 3. The van der Waals surface area contributed by atoms with Crippen molar-refractivity contribution in [1.29, 1.82) is 0 Å². The zero-order valence-electron chi connectivity index (χ0n) is 20.8. The molecule has 1 fully saturated rings. The van der Waals surface area contributed by atoms with Crippen molar-refractivity contribution in [2.75, 3.05) is 51.2 Å². The number of rotatable bonds is 8. The Morgan fingerprint density at radius 3 is 2.34 bits per heavy atom. The minimum absolute atomic E-state index is 0.00276. The lowest BCUT2D eigenvalue weighted by molar-refractivity contribution is -0.157. The molecule has 2 aromatic rings. The van der Waals surface area contributed by atoms with Crippen molar-refractivity contribution in [2.45, 2.75) is 39.4 Å². The third-order valence-electron chi connectivity index (χ3n) is 6.53. The van der Waals surface area contributed by atoms with Crippen LogP contribution in [0.15, 0.2) is 42.5 Å². The van der Waals surface area contributed by atoms with E-state index >= 15 is 0 Å². The van der Waals surface area contributed by atoms with Crippen LogP contribution in [0.4, 0.5) is 5.69 Å². The van der Waals surface area contributed by atoms with Crippen molar-refractivity contribution in [1.82, 2.24) is 9.80 Å². The Morgan fingerprint density at radius 1 is 1.00 bits per heavy atom. The highest BCUT2D eigenvalue weighted by Gasteiger charge is 2.34. The molecule has 2 aromatic carbocycles. The summed E-state index contributed by atoms with van der Waals surface area (Å²) in [5, 5.41) is 3.07. The number of hydrogen-bond donors (Lipinski definition) is 1. The molecule has 2 atom stereocenters. The van der Waals surface area contributed by atoms with Gasteiger partial charge in [-0.3, -0.25) is 19.4 Å². The van der Waals surface area contributed by atoms with Crippen molar-refractivity contribution in [3.8, 4) is 11.5 Å². The van der Waals surface area contributed by atoms with E-state index in [1.807, 2.05) is 56.3 Å². The number of aryl methyl sites for hydroxylation is 2. The number of carbonyl (C=O) groups is 2. The maximum absolute atomic E-state index is 12.7. The fourth-order valence-corrected chi connectivity index (χ4v) is 4.48. The molecule has 35 heavy (non-hydrogen) atoms. The molecule has 2 heterocycles. The number of fused-ring (bicyclic) bond motifs is 1. The Balaban J connectivity index is 1.30. The number of anilines is 1. The topological polar surface area (TPSA) is 80.3 Å². The number of hydrogen-bond acceptors (Lipinski definition) is 7. The Morgan fingerprint density at radius 2 is 1.66 bits per heavy atom. The molecule has 0 aliphatic carbocycles. The fourth-order valence-electron chi connectivity index (χ4n) is 4.48. The summed E-state index contributed by atoms with van der Waals surface area (Å²) in [6.07, 6.45) is -0.500. The third-order valence-corrected chi connectivity index (χ3v) is 6.53. The van der Waals surface area contributed by atoms with E-state index in [1.165, 1.54) is 0 Å². The van der Waals surface area contributed by atoms with Gasteiger partial charge in [0, 0.05) is 44.8 Å². The van der Waals surface area contributed by atoms with E-state index in [0.29, 0.717) is 37.6 Å². The molecule has 1 amide bonds. The highest BCUT2D eigenvalue weighted by molar-refractivity contribution is 5.93. The molecule has 188 valence electrons. The first-order valence-corrected chi connectivity index (χ1v) is 12.3. The lowest BCUT2D eigenvalue weighted by Gasteiger charge is -2.38. The third kappa shape index (κ3) is 6.52. The minimum Gasteiger partial charge on any atom is -0.486 e. The first kappa shape index (κ1) is 25.0. The van der Waals surface area contributed by atoms with E-state index in [2.05, 4.69) is 15.1 Å².